The van der Waals surface area contributed by atoms with E-state index in [4.69, 9.17) is 14.6 Å². The Morgan fingerprint density at radius 3 is 2.09 bits per heavy atom. The van der Waals surface area contributed by atoms with Gasteiger partial charge in [0.05, 0.1) is 19.8 Å². The molecule has 168 valence electrons. The number of carboxylic acids is 1. The maximum absolute atomic E-state index is 13.0. The normalized spacial score (nSPS) is 10.8. The maximum Gasteiger partial charge on any atom is 0.335 e. The summed E-state index contributed by atoms with van der Waals surface area (Å²) in [4.78, 5) is 36.8. The zero-order chi connectivity index (χ0) is 23.8. The average Bonchev–Trinajstić information content (AvgIpc) is 2.84. The molecule has 3 rings (SSSR count). The number of hydrogen-bond acceptors (Lipinski definition) is 5. The van der Waals surface area contributed by atoms with Crippen LogP contribution in [0.1, 0.15) is 26.3 Å². The van der Waals surface area contributed by atoms with Crippen LogP contribution in [0.4, 0.5) is 5.69 Å². The van der Waals surface area contributed by atoms with E-state index < -0.39 is 17.8 Å². The lowest BCUT2D eigenvalue weighted by Gasteiger charge is -2.12. The second-order valence-corrected chi connectivity index (χ2v) is 6.83. The van der Waals surface area contributed by atoms with E-state index in [9.17, 15) is 14.4 Å². The van der Waals surface area contributed by atoms with E-state index in [1.54, 1.807) is 48.5 Å². The van der Waals surface area contributed by atoms with Crippen LogP contribution in [-0.4, -0.2) is 37.1 Å². The molecular formula is C25H22N2O6. The predicted molar refractivity (Wildman–Crippen MR) is 123 cm³/mol. The highest BCUT2D eigenvalue weighted by atomic mass is 16.5. The smallest absolute Gasteiger partial charge is 0.335 e. The third kappa shape index (κ3) is 5.98. The Hall–Kier alpha value is -4.59. The van der Waals surface area contributed by atoms with E-state index in [0.29, 0.717) is 28.3 Å². The largest absolute Gasteiger partial charge is 0.493 e. The van der Waals surface area contributed by atoms with Crippen LogP contribution in [0.25, 0.3) is 6.08 Å². The number of hydrogen-bond donors (Lipinski definition) is 3. The van der Waals surface area contributed by atoms with Gasteiger partial charge in [0.15, 0.2) is 11.5 Å². The molecule has 33 heavy (non-hydrogen) atoms. The molecule has 0 aliphatic carbocycles. The molecule has 0 heterocycles. The fraction of sp³-hybridized carbons (Fsp3) is 0.0800. The Labute approximate surface area is 190 Å². The van der Waals surface area contributed by atoms with Crippen molar-refractivity contribution < 1.29 is 29.0 Å². The Bertz CT molecular complexity index is 1190. The number of nitrogens with one attached hydrogen (secondary N) is 2. The SMILES string of the molecule is COc1ccc(C=C(NC(=O)c2ccccc2)C(=O)Nc2ccc(C(=O)O)cc2)cc1OC. The molecule has 3 aromatic carbocycles. The van der Waals surface area contributed by atoms with E-state index >= 15 is 0 Å². The standard InChI is InChI=1S/C25H22N2O6/c1-32-21-13-8-16(15-22(21)33-2)14-20(27-23(28)17-6-4-3-5-7-17)24(29)26-19-11-9-18(10-12-19)25(30)31/h3-15H,1-2H3,(H,26,29)(H,27,28)(H,30,31). The first-order valence-electron chi connectivity index (χ1n) is 9.86. The van der Waals surface area contributed by atoms with Crippen LogP contribution in [0.3, 0.4) is 0 Å². The topological polar surface area (TPSA) is 114 Å². The van der Waals surface area contributed by atoms with Gasteiger partial charge in [0.2, 0.25) is 0 Å². The summed E-state index contributed by atoms with van der Waals surface area (Å²) in [5, 5.41) is 14.3. The minimum atomic E-state index is -1.07. The molecule has 0 radical (unpaired) electrons. The highest BCUT2D eigenvalue weighted by Crippen LogP contribution is 2.28. The number of carbonyl (C=O) groups is 3. The second kappa shape index (κ2) is 10.6. The van der Waals surface area contributed by atoms with Crippen LogP contribution in [0, 0.1) is 0 Å². The highest BCUT2D eigenvalue weighted by Gasteiger charge is 2.16. The van der Waals surface area contributed by atoms with Crippen molar-refractivity contribution in [3.63, 3.8) is 0 Å². The van der Waals surface area contributed by atoms with Crippen LogP contribution < -0.4 is 20.1 Å². The molecular weight excluding hydrogens is 424 g/mol. The van der Waals surface area contributed by atoms with Gasteiger partial charge in [-0.2, -0.15) is 0 Å². The third-order valence-electron chi connectivity index (χ3n) is 4.64. The van der Waals surface area contributed by atoms with Gasteiger partial charge in [-0.05, 0) is 60.2 Å². The molecule has 8 nitrogen and oxygen atoms in total. The number of benzene rings is 3. The molecule has 3 aromatic rings. The molecule has 0 aromatic heterocycles. The van der Waals surface area contributed by atoms with Crippen molar-refractivity contribution in [2.75, 3.05) is 19.5 Å². The van der Waals surface area contributed by atoms with Crippen molar-refractivity contribution in [2.45, 2.75) is 0 Å². The Morgan fingerprint density at radius 1 is 0.818 bits per heavy atom. The number of amides is 2. The van der Waals surface area contributed by atoms with Crippen molar-refractivity contribution in [3.8, 4) is 11.5 Å². The van der Waals surface area contributed by atoms with Crippen LogP contribution in [-0.2, 0) is 4.79 Å². The summed E-state index contributed by atoms with van der Waals surface area (Å²) < 4.78 is 10.5. The van der Waals surface area contributed by atoms with Gasteiger partial charge in [-0.1, -0.05) is 24.3 Å². The Kier molecular flexibility index (Phi) is 7.43. The van der Waals surface area contributed by atoms with Crippen molar-refractivity contribution in [1.29, 1.82) is 0 Å². The molecule has 0 aliphatic heterocycles. The molecule has 8 heteroatoms. The van der Waals surface area contributed by atoms with Crippen molar-refractivity contribution in [2.24, 2.45) is 0 Å². The summed E-state index contributed by atoms with van der Waals surface area (Å²) in [6.45, 7) is 0. The minimum absolute atomic E-state index is 0.0154. The average molecular weight is 446 g/mol. The maximum atomic E-state index is 13.0. The summed E-state index contributed by atoms with van der Waals surface area (Å²) in [5.74, 6) is -1.13. The van der Waals surface area contributed by atoms with Crippen LogP contribution >= 0.6 is 0 Å². The first-order valence-corrected chi connectivity index (χ1v) is 9.86. The zero-order valence-corrected chi connectivity index (χ0v) is 18.0. The number of anilines is 1. The summed E-state index contributed by atoms with van der Waals surface area (Å²) in [7, 11) is 3.01. The molecule has 0 bridgehead atoms. The van der Waals surface area contributed by atoms with E-state index in [0.717, 1.165) is 0 Å². The number of carboxylic acid groups (broad SMARTS) is 1. The van der Waals surface area contributed by atoms with Gasteiger partial charge in [-0.15, -0.1) is 0 Å². The summed E-state index contributed by atoms with van der Waals surface area (Å²) in [5.41, 5.74) is 1.42. The van der Waals surface area contributed by atoms with Crippen molar-refractivity contribution in [1.82, 2.24) is 5.32 Å². The number of carbonyl (C=O) groups excluding carboxylic acids is 2. The van der Waals surface area contributed by atoms with E-state index in [1.165, 1.54) is 44.6 Å². The molecule has 0 aliphatic rings. The van der Waals surface area contributed by atoms with Gasteiger partial charge in [-0.3, -0.25) is 9.59 Å². The highest BCUT2D eigenvalue weighted by molar-refractivity contribution is 6.10. The second-order valence-electron chi connectivity index (χ2n) is 6.83. The molecule has 0 fully saturated rings. The van der Waals surface area contributed by atoms with Crippen LogP contribution in [0.5, 0.6) is 11.5 Å². The Balaban J connectivity index is 1.92. The van der Waals surface area contributed by atoms with E-state index in [-0.39, 0.29) is 11.3 Å². The summed E-state index contributed by atoms with van der Waals surface area (Å²) >= 11 is 0. The van der Waals surface area contributed by atoms with E-state index in [1.807, 2.05) is 0 Å². The van der Waals surface area contributed by atoms with Crippen LogP contribution in [0.15, 0.2) is 78.5 Å². The quantitative estimate of drug-likeness (QED) is 0.454. The minimum Gasteiger partial charge on any atom is -0.493 e. The number of ether oxygens (including phenoxy) is 2. The third-order valence-corrected chi connectivity index (χ3v) is 4.64. The fourth-order valence-electron chi connectivity index (χ4n) is 2.95. The number of rotatable bonds is 8. The molecule has 3 N–H and O–H groups in total. The van der Waals surface area contributed by atoms with Gasteiger partial charge >= 0.3 is 5.97 Å². The van der Waals surface area contributed by atoms with Crippen molar-refractivity contribution >= 4 is 29.5 Å². The molecule has 0 saturated heterocycles. The lowest BCUT2D eigenvalue weighted by Crippen LogP contribution is -2.30. The lowest BCUT2D eigenvalue weighted by atomic mass is 10.1. The fourth-order valence-corrected chi connectivity index (χ4v) is 2.95. The zero-order valence-electron chi connectivity index (χ0n) is 18.0. The first kappa shape index (κ1) is 23.1. The summed E-state index contributed by atoms with van der Waals surface area (Å²) in [6.07, 6.45) is 1.50. The van der Waals surface area contributed by atoms with Gasteiger partial charge in [0, 0.05) is 11.3 Å². The predicted octanol–water partition coefficient (Wildman–Crippen LogP) is 3.81. The Morgan fingerprint density at radius 2 is 1.48 bits per heavy atom. The molecule has 0 spiro atoms. The first-order chi connectivity index (χ1) is 15.9. The van der Waals surface area contributed by atoms with Crippen molar-refractivity contribution in [3.05, 3.63) is 95.2 Å². The molecule has 2 amide bonds. The van der Waals surface area contributed by atoms with Gasteiger partial charge in [0.25, 0.3) is 11.8 Å². The van der Waals surface area contributed by atoms with Gasteiger partial charge in [0.1, 0.15) is 5.70 Å². The number of aromatic carboxylic acids is 1. The molecule has 0 unspecified atom stereocenters. The van der Waals surface area contributed by atoms with E-state index in [2.05, 4.69) is 10.6 Å². The van der Waals surface area contributed by atoms with Gasteiger partial charge < -0.3 is 25.2 Å². The monoisotopic (exact) mass is 446 g/mol. The van der Waals surface area contributed by atoms with Crippen LogP contribution in [0.2, 0.25) is 0 Å². The van der Waals surface area contributed by atoms with Gasteiger partial charge in [-0.25, -0.2) is 4.79 Å². The lowest BCUT2D eigenvalue weighted by molar-refractivity contribution is -0.113. The summed E-state index contributed by atoms with van der Waals surface area (Å²) in [6, 6.07) is 19.2. The molecule has 0 atom stereocenters. The molecule has 0 saturated carbocycles. The number of methoxy groups -OCH3 is 2.